The van der Waals surface area contributed by atoms with Crippen molar-refractivity contribution in [3.8, 4) is 11.5 Å². The molecule has 0 spiro atoms. The van der Waals surface area contributed by atoms with Crippen LogP contribution >= 0.6 is 0 Å². The highest BCUT2D eigenvalue weighted by Gasteiger charge is 2.23. The molecule has 1 saturated heterocycles. The van der Waals surface area contributed by atoms with Gasteiger partial charge in [-0.2, -0.15) is 0 Å². The van der Waals surface area contributed by atoms with Gasteiger partial charge in [0.2, 0.25) is 0 Å². The van der Waals surface area contributed by atoms with Gasteiger partial charge in [0.25, 0.3) is 0 Å². The second-order valence-corrected chi connectivity index (χ2v) is 7.97. The zero-order chi connectivity index (χ0) is 24.1. The number of Topliss-reactive ketones (excluding diaryl/α,β-unsaturated/α-hetero) is 1. The molecule has 1 aromatic heterocycles. The van der Waals surface area contributed by atoms with Crippen molar-refractivity contribution >= 4 is 23.0 Å². The van der Waals surface area contributed by atoms with Gasteiger partial charge in [0, 0.05) is 44.7 Å². The maximum atomic E-state index is 12.6. The van der Waals surface area contributed by atoms with Crippen LogP contribution in [-0.2, 0) is 11.3 Å². The van der Waals surface area contributed by atoms with Crippen LogP contribution in [0.3, 0.4) is 0 Å². The van der Waals surface area contributed by atoms with Crippen LogP contribution < -0.4 is 15.2 Å². The first-order valence-electron chi connectivity index (χ1n) is 11.0. The fourth-order valence-corrected chi connectivity index (χ4v) is 3.88. The molecule has 4 rings (SSSR count). The molecule has 0 saturated carbocycles. The summed E-state index contributed by atoms with van der Waals surface area (Å²) in [4.78, 5) is 42.7. The summed E-state index contributed by atoms with van der Waals surface area (Å²) in [5, 5.41) is 0. The average Bonchev–Trinajstić information content (AvgIpc) is 3.25. The van der Waals surface area contributed by atoms with E-state index in [-0.39, 0.29) is 18.5 Å². The smallest absolute Gasteiger partial charge is 0.417 e. The van der Waals surface area contributed by atoms with Crippen molar-refractivity contribution in [3.63, 3.8) is 0 Å². The standard InChI is InChI=1S/C24H27N3O7/c1-31-20-6-3-16(13-22(20)32-2)15-33-24(30)27-11-9-26(10-12-27)8-7-19(28)17-4-5-18-21(14-17)34-23(29)25-18/h3-6,13-14H,7-12,15H2,1-2H3,(H,25,29). The first-order valence-corrected chi connectivity index (χ1v) is 11.0. The van der Waals surface area contributed by atoms with E-state index in [1.807, 2.05) is 6.07 Å². The Morgan fingerprint density at radius 1 is 1.00 bits per heavy atom. The second kappa shape index (κ2) is 10.4. The van der Waals surface area contributed by atoms with Crippen LogP contribution in [-0.4, -0.2) is 73.6 Å². The maximum Gasteiger partial charge on any atom is 0.417 e. The summed E-state index contributed by atoms with van der Waals surface area (Å²) in [6, 6.07) is 10.3. The van der Waals surface area contributed by atoms with E-state index < -0.39 is 5.76 Å². The normalized spacial score (nSPS) is 14.2. The topological polar surface area (TPSA) is 114 Å². The molecule has 10 heteroatoms. The van der Waals surface area contributed by atoms with E-state index >= 15 is 0 Å². The van der Waals surface area contributed by atoms with Gasteiger partial charge in [-0.1, -0.05) is 6.07 Å². The number of hydrogen-bond donors (Lipinski definition) is 1. The molecule has 0 aliphatic carbocycles. The number of oxazole rings is 1. The maximum absolute atomic E-state index is 12.6. The van der Waals surface area contributed by atoms with E-state index in [1.165, 1.54) is 0 Å². The molecule has 0 atom stereocenters. The molecule has 1 fully saturated rings. The lowest BCUT2D eigenvalue weighted by atomic mass is 10.1. The van der Waals surface area contributed by atoms with Crippen molar-refractivity contribution in [3.05, 3.63) is 58.1 Å². The summed E-state index contributed by atoms with van der Waals surface area (Å²) in [6.45, 7) is 3.09. The van der Waals surface area contributed by atoms with Crippen LogP contribution in [0.4, 0.5) is 4.79 Å². The third-order valence-electron chi connectivity index (χ3n) is 5.84. The van der Waals surface area contributed by atoms with Crippen molar-refractivity contribution < 1.29 is 28.2 Å². The van der Waals surface area contributed by atoms with Crippen LogP contribution in [0.2, 0.25) is 0 Å². The number of benzene rings is 2. The quantitative estimate of drug-likeness (QED) is 0.501. The zero-order valence-electron chi connectivity index (χ0n) is 19.2. The van der Waals surface area contributed by atoms with Gasteiger partial charge in [0.15, 0.2) is 22.9 Å². The number of ketones is 1. The molecule has 10 nitrogen and oxygen atoms in total. The van der Waals surface area contributed by atoms with Crippen molar-refractivity contribution in [2.24, 2.45) is 0 Å². The number of fused-ring (bicyclic) bond motifs is 1. The Morgan fingerprint density at radius 3 is 2.50 bits per heavy atom. The van der Waals surface area contributed by atoms with E-state index in [2.05, 4.69) is 9.88 Å². The van der Waals surface area contributed by atoms with E-state index in [0.29, 0.717) is 67.3 Å². The van der Waals surface area contributed by atoms with Gasteiger partial charge in [-0.3, -0.25) is 14.7 Å². The highest BCUT2D eigenvalue weighted by Crippen LogP contribution is 2.27. The van der Waals surface area contributed by atoms with Crippen molar-refractivity contribution in [2.75, 3.05) is 46.9 Å². The number of rotatable bonds is 8. The fourth-order valence-electron chi connectivity index (χ4n) is 3.88. The summed E-state index contributed by atoms with van der Waals surface area (Å²) >= 11 is 0. The molecule has 2 heterocycles. The number of hydrogen-bond acceptors (Lipinski definition) is 8. The third-order valence-corrected chi connectivity index (χ3v) is 5.84. The Balaban J connectivity index is 1.21. The molecule has 1 N–H and O–H groups in total. The lowest BCUT2D eigenvalue weighted by Gasteiger charge is -2.33. The van der Waals surface area contributed by atoms with Crippen LogP contribution in [0.5, 0.6) is 11.5 Å². The van der Waals surface area contributed by atoms with Gasteiger partial charge >= 0.3 is 11.8 Å². The first-order chi connectivity index (χ1) is 16.5. The van der Waals surface area contributed by atoms with E-state index in [4.69, 9.17) is 18.6 Å². The van der Waals surface area contributed by atoms with Gasteiger partial charge in [0.1, 0.15) is 6.61 Å². The molecule has 1 aliphatic heterocycles. The Bertz CT molecular complexity index is 1220. The summed E-state index contributed by atoms with van der Waals surface area (Å²) < 4.78 is 21.0. The SMILES string of the molecule is COc1ccc(COC(=O)N2CCN(CCC(=O)c3ccc4[nH]c(=O)oc4c3)CC2)cc1OC. The van der Waals surface area contributed by atoms with Crippen LogP contribution in [0.25, 0.3) is 11.1 Å². The fraction of sp³-hybridized carbons (Fsp3) is 0.375. The van der Waals surface area contributed by atoms with Gasteiger partial charge < -0.3 is 23.5 Å². The molecule has 1 aliphatic rings. The molecule has 1 amide bonds. The minimum absolute atomic E-state index is 0.0255. The van der Waals surface area contributed by atoms with Gasteiger partial charge in [-0.15, -0.1) is 0 Å². The van der Waals surface area contributed by atoms with E-state index in [9.17, 15) is 14.4 Å². The molecular formula is C24H27N3O7. The molecule has 0 bridgehead atoms. The third kappa shape index (κ3) is 5.40. The largest absolute Gasteiger partial charge is 0.493 e. The molecule has 34 heavy (non-hydrogen) atoms. The van der Waals surface area contributed by atoms with Crippen molar-refractivity contribution in [1.29, 1.82) is 0 Å². The van der Waals surface area contributed by atoms with E-state index in [0.717, 1.165) is 5.56 Å². The Morgan fingerprint density at radius 2 is 1.76 bits per heavy atom. The summed E-state index contributed by atoms with van der Waals surface area (Å²) in [7, 11) is 3.12. The molecule has 0 radical (unpaired) electrons. The van der Waals surface area contributed by atoms with Crippen LogP contribution in [0.15, 0.2) is 45.6 Å². The summed E-state index contributed by atoms with van der Waals surface area (Å²) in [5.41, 5.74) is 2.25. The minimum Gasteiger partial charge on any atom is -0.493 e. The number of amides is 1. The van der Waals surface area contributed by atoms with Gasteiger partial charge in [-0.05, 0) is 35.9 Å². The Kier molecular flexibility index (Phi) is 7.17. The number of aromatic nitrogens is 1. The van der Waals surface area contributed by atoms with E-state index in [1.54, 1.807) is 49.5 Å². The lowest BCUT2D eigenvalue weighted by Crippen LogP contribution is -2.49. The van der Waals surface area contributed by atoms with Gasteiger partial charge in [-0.25, -0.2) is 9.59 Å². The highest BCUT2D eigenvalue weighted by atomic mass is 16.6. The molecule has 3 aromatic rings. The number of ether oxygens (including phenoxy) is 3. The zero-order valence-corrected chi connectivity index (χ0v) is 19.2. The number of carbonyl (C=O) groups excluding carboxylic acids is 2. The lowest BCUT2D eigenvalue weighted by molar-refractivity contribution is 0.0696. The molecule has 0 unspecified atom stereocenters. The number of nitrogens with one attached hydrogen (secondary N) is 1. The summed E-state index contributed by atoms with van der Waals surface area (Å²) in [5.74, 6) is 0.628. The average molecular weight is 469 g/mol. The first kappa shape index (κ1) is 23.4. The number of piperazine rings is 1. The number of H-pyrrole nitrogens is 1. The van der Waals surface area contributed by atoms with Gasteiger partial charge in [0.05, 0.1) is 19.7 Å². The summed E-state index contributed by atoms with van der Waals surface area (Å²) in [6.07, 6.45) is -0.0315. The second-order valence-electron chi connectivity index (χ2n) is 7.97. The number of aromatic amines is 1. The molecule has 180 valence electrons. The van der Waals surface area contributed by atoms with Crippen molar-refractivity contribution in [2.45, 2.75) is 13.0 Å². The highest BCUT2D eigenvalue weighted by molar-refractivity contribution is 5.98. The minimum atomic E-state index is -0.542. The predicted octanol–water partition coefficient (Wildman–Crippen LogP) is 2.67. The van der Waals surface area contributed by atoms with Crippen LogP contribution in [0, 0.1) is 0 Å². The Hall–Kier alpha value is -3.79. The van der Waals surface area contributed by atoms with Crippen LogP contribution in [0.1, 0.15) is 22.3 Å². The Labute approximate surface area is 196 Å². The van der Waals surface area contributed by atoms with Crippen molar-refractivity contribution in [1.82, 2.24) is 14.8 Å². The number of nitrogens with zero attached hydrogens (tertiary/aromatic N) is 2. The monoisotopic (exact) mass is 469 g/mol. The number of methoxy groups -OCH3 is 2. The predicted molar refractivity (Wildman–Crippen MR) is 124 cm³/mol. The molecule has 2 aromatic carbocycles. The molecular weight excluding hydrogens is 442 g/mol. The number of carbonyl (C=O) groups is 2.